The highest BCUT2D eigenvalue weighted by molar-refractivity contribution is 6.23. The summed E-state index contributed by atoms with van der Waals surface area (Å²) in [6.07, 6.45) is 2.00. The number of nitrogens with zero attached hydrogens (tertiary/aromatic N) is 1. The topological polar surface area (TPSA) is 74.4 Å². The van der Waals surface area contributed by atoms with E-state index in [-0.39, 0.29) is 18.2 Å². The van der Waals surface area contributed by atoms with Gasteiger partial charge in [-0.3, -0.25) is 9.59 Å². The molecule has 1 unspecified atom stereocenters. The summed E-state index contributed by atoms with van der Waals surface area (Å²) in [4.78, 5) is 29.5. The van der Waals surface area contributed by atoms with Gasteiger partial charge in [-0.2, -0.15) is 0 Å². The number of fused-ring (bicyclic) bond motifs is 1. The number of rotatable bonds is 5. The van der Waals surface area contributed by atoms with Gasteiger partial charge < -0.3 is 15.0 Å². The highest BCUT2D eigenvalue weighted by Gasteiger charge is 2.39. The fraction of sp³-hybridized carbons (Fsp3) is 0.200. The molecule has 1 aliphatic heterocycles. The zero-order chi connectivity index (χ0) is 18.1. The Hall–Kier alpha value is -3.28. The second-order valence-electron chi connectivity index (χ2n) is 6.18. The number of H-pyrrole nitrogens is 1. The molecule has 2 heterocycles. The van der Waals surface area contributed by atoms with Crippen LogP contribution in [-0.4, -0.2) is 29.4 Å². The first-order valence-electron chi connectivity index (χ1n) is 8.59. The van der Waals surface area contributed by atoms with Gasteiger partial charge >= 0.3 is 0 Å². The Morgan fingerprint density at radius 2 is 1.96 bits per heavy atom. The first kappa shape index (κ1) is 16.2. The Balaban J connectivity index is 1.52. The van der Waals surface area contributed by atoms with Gasteiger partial charge in [0.05, 0.1) is 18.7 Å². The van der Waals surface area contributed by atoms with Crippen molar-refractivity contribution in [1.29, 1.82) is 0 Å². The minimum atomic E-state index is -0.568. The van der Waals surface area contributed by atoms with Crippen molar-refractivity contribution in [3.63, 3.8) is 0 Å². The number of carbonyl (C=O) groups is 2. The van der Waals surface area contributed by atoms with Crippen molar-refractivity contribution in [3.05, 3.63) is 54.7 Å². The molecule has 1 atom stereocenters. The van der Waals surface area contributed by atoms with Crippen molar-refractivity contribution in [2.45, 2.75) is 19.4 Å². The number of amides is 2. The third-order valence-electron chi connectivity index (χ3n) is 4.45. The molecule has 1 fully saturated rings. The van der Waals surface area contributed by atoms with Crippen LogP contribution in [0.1, 0.15) is 13.3 Å². The summed E-state index contributed by atoms with van der Waals surface area (Å²) >= 11 is 0. The average molecular weight is 349 g/mol. The number of benzene rings is 2. The van der Waals surface area contributed by atoms with Crippen LogP contribution in [0, 0.1) is 0 Å². The van der Waals surface area contributed by atoms with Crippen LogP contribution in [0.15, 0.2) is 54.7 Å². The standard InChI is InChI=1S/C20H19N3O3/c1-2-26-16-7-5-15(6-8-16)23-19(24)12-18(20(23)25)22-14-4-3-13-9-10-21-17(13)11-14/h3-11,18,21-22H,2,12H2,1H3. The maximum atomic E-state index is 12.7. The molecule has 0 bridgehead atoms. The van der Waals surface area contributed by atoms with Crippen molar-refractivity contribution >= 4 is 34.1 Å². The maximum absolute atomic E-state index is 12.7. The number of carbonyl (C=O) groups excluding carboxylic acids is 2. The van der Waals surface area contributed by atoms with E-state index in [1.165, 1.54) is 4.90 Å². The molecule has 1 aliphatic rings. The average Bonchev–Trinajstić information content (AvgIpc) is 3.20. The van der Waals surface area contributed by atoms with Gasteiger partial charge in [0.25, 0.3) is 5.91 Å². The number of ether oxygens (including phenoxy) is 1. The van der Waals surface area contributed by atoms with Crippen molar-refractivity contribution in [2.75, 3.05) is 16.8 Å². The Morgan fingerprint density at radius 1 is 1.15 bits per heavy atom. The molecule has 6 heteroatoms. The molecule has 132 valence electrons. The van der Waals surface area contributed by atoms with E-state index in [1.54, 1.807) is 24.3 Å². The lowest BCUT2D eigenvalue weighted by Crippen LogP contribution is -2.34. The molecular formula is C20H19N3O3. The van der Waals surface area contributed by atoms with Crippen LogP contribution in [0.4, 0.5) is 11.4 Å². The third kappa shape index (κ3) is 2.90. The number of hydrogen-bond donors (Lipinski definition) is 2. The van der Waals surface area contributed by atoms with Gasteiger partial charge in [0, 0.05) is 17.4 Å². The molecule has 4 rings (SSSR count). The molecule has 0 aliphatic carbocycles. The van der Waals surface area contributed by atoms with Crippen LogP contribution in [0.2, 0.25) is 0 Å². The van der Waals surface area contributed by atoms with Gasteiger partial charge in [-0.15, -0.1) is 0 Å². The van der Waals surface area contributed by atoms with Gasteiger partial charge in [0.1, 0.15) is 11.8 Å². The Morgan fingerprint density at radius 3 is 2.73 bits per heavy atom. The summed E-state index contributed by atoms with van der Waals surface area (Å²) in [7, 11) is 0. The highest BCUT2D eigenvalue weighted by atomic mass is 16.5. The van der Waals surface area contributed by atoms with Crippen molar-refractivity contribution < 1.29 is 14.3 Å². The fourth-order valence-corrected chi connectivity index (χ4v) is 3.21. The normalized spacial score (nSPS) is 17.1. The minimum Gasteiger partial charge on any atom is -0.494 e. The van der Waals surface area contributed by atoms with Crippen molar-refractivity contribution in [2.24, 2.45) is 0 Å². The maximum Gasteiger partial charge on any atom is 0.256 e. The molecule has 1 aromatic heterocycles. The summed E-state index contributed by atoms with van der Waals surface area (Å²) in [5.41, 5.74) is 2.35. The number of aromatic nitrogens is 1. The Kier molecular flexibility index (Phi) is 4.08. The van der Waals surface area contributed by atoms with E-state index in [4.69, 9.17) is 4.74 Å². The first-order chi connectivity index (χ1) is 12.7. The Labute approximate surface area is 150 Å². The van der Waals surface area contributed by atoms with E-state index in [9.17, 15) is 9.59 Å². The monoisotopic (exact) mass is 349 g/mol. The van der Waals surface area contributed by atoms with Gasteiger partial charge in [-0.1, -0.05) is 6.07 Å². The number of aromatic amines is 1. The highest BCUT2D eigenvalue weighted by Crippen LogP contribution is 2.27. The van der Waals surface area contributed by atoms with Crippen LogP contribution >= 0.6 is 0 Å². The van der Waals surface area contributed by atoms with E-state index in [1.807, 2.05) is 37.4 Å². The van der Waals surface area contributed by atoms with Gasteiger partial charge in [-0.25, -0.2) is 4.90 Å². The Bertz CT molecular complexity index is 962. The molecule has 0 radical (unpaired) electrons. The molecular weight excluding hydrogens is 330 g/mol. The molecule has 2 amide bonds. The van der Waals surface area contributed by atoms with Gasteiger partial charge in [0.2, 0.25) is 5.91 Å². The molecule has 26 heavy (non-hydrogen) atoms. The number of nitrogens with one attached hydrogen (secondary N) is 2. The second-order valence-corrected chi connectivity index (χ2v) is 6.18. The number of anilines is 2. The molecule has 2 aromatic carbocycles. The van der Waals surface area contributed by atoms with Crippen LogP contribution in [0.5, 0.6) is 5.75 Å². The van der Waals surface area contributed by atoms with E-state index in [0.717, 1.165) is 16.6 Å². The van der Waals surface area contributed by atoms with E-state index in [0.29, 0.717) is 18.0 Å². The summed E-state index contributed by atoms with van der Waals surface area (Å²) < 4.78 is 5.40. The molecule has 2 N–H and O–H groups in total. The predicted molar refractivity (Wildman–Crippen MR) is 100 cm³/mol. The predicted octanol–water partition coefficient (Wildman–Crippen LogP) is 3.31. The van der Waals surface area contributed by atoms with Gasteiger partial charge in [0.15, 0.2) is 0 Å². The molecule has 0 saturated carbocycles. The number of imide groups is 1. The third-order valence-corrected chi connectivity index (χ3v) is 4.45. The van der Waals surface area contributed by atoms with Crippen LogP contribution in [0.25, 0.3) is 10.9 Å². The summed E-state index contributed by atoms with van der Waals surface area (Å²) in [5.74, 6) is 0.257. The summed E-state index contributed by atoms with van der Waals surface area (Å²) in [5, 5.41) is 4.28. The van der Waals surface area contributed by atoms with Crippen LogP contribution in [-0.2, 0) is 9.59 Å². The van der Waals surface area contributed by atoms with Crippen LogP contribution in [0.3, 0.4) is 0 Å². The molecule has 3 aromatic rings. The largest absolute Gasteiger partial charge is 0.494 e. The lowest BCUT2D eigenvalue weighted by atomic mass is 10.2. The molecule has 6 nitrogen and oxygen atoms in total. The second kappa shape index (κ2) is 6.55. The molecule has 1 saturated heterocycles. The lowest BCUT2D eigenvalue weighted by Gasteiger charge is -2.16. The summed E-state index contributed by atoms with van der Waals surface area (Å²) in [6.45, 7) is 2.47. The smallest absolute Gasteiger partial charge is 0.256 e. The molecule has 0 spiro atoms. The van der Waals surface area contributed by atoms with E-state index >= 15 is 0 Å². The lowest BCUT2D eigenvalue weighted by molar-refractivity contribution is -0.121. The van der Waals surface area contributed by atoms with E-state index < -0.39 is 6.04 Å². The zero-order valence-corrected chi connectivity index (χ0v) is 14.4. The minimum absolute atomic E-state index is 0.134. The zero-order valence-electron chi connectivity index (χ0n) is 14.4. The SMILES string of the molecule is CCOc1ccc(N2C(=O)CC(Nc3ccc4cc[nH]c4c3)C2=O)cc1. The van der Waals surface area contributed by atoms with Crippen molar-refractivity contribution in [1.82, 2.24) is 4.98 Å². The van der Waals surface area contributed by atoms with Crippen LogP contribution < -0.4 is 15.0 Å². The summed E-state index contributed by atoms with van der Waals surface area (Å²) in [6, 6.07) is 14.2. The van der Waals surface area contributed by atoms with Gasteiger partial charge in [-0.05, 0) is 54.8 Å². The fourth-order valence-electron chi connectivity index (χ4n) is 3.21. The first-order valence-corrected chi connectivity index (χ1v) is 8.59. The quantitative estimate of drug-likeness (QED) is 0.693. The van der Waals surface area contributed by atoms with Crippen molar-refractivity contribution in [3.8, 4) is 5.75 Å². The van der Waals surface area contributed by atoms with E-state index in [2.05, 4.69) is 10.3 Å². The number of hydrogen-bond acceptors (Lipinski definition) is 4.